The summed E-state index contributed by atoms with van der Waals surface area (Å²) in [5.41, 5.74) is 0.143. The van der Waals surface area contributed by atoms with E-state index >= 15 is 0 Å². The average molecular weight is 280 g/mol. The number of rotatable bonds is 3. The number of nitro groups is 1. The van der Waals surface area contributed by atoms with E-state index in [9.17, 15) is 20.0 Å². The van der Waals surface area contributed by atoms with E-state index in [1.54, 1.807) is 0 Å². The number of likely N-dealkylation sites (tertiary alicyclic amines) is 1. The Balaban J connectivity index is 2.27. The van der Waals surface area contributed by atoms with Crippen molar-refractivity contribution in [2.24, 2.45) is 0 Å². The maximum absolute atomic E-state index is 12.4. The van der Waals surface area contributed by atoms with Crippen LogP contribution in [-0.2, 0) is 0 Å². The SMILES string of the molecule is COc1cc([N+](=O)[O-])ccc1C(=O)N1CCC[C@H](O)C1. The van der Waals surface area contributed by atoms with Gasteiger partial charge in [-0.25, -0.2) is 0 Å². The van der Waals surface area contributed by atoms with Gasteiger partial charge in [-0.15, -0.1) is 0 Å². The number of ether oxygens (including phenoxy) is 1. The Morgan fingerprint density at radius 2 is 2.30 bits per heavy atom. The number of carbonyl (C=O) groups is 1. The standard InChI is InChI=1S/C13H16N2O5/c1-20-12-7-9(15(18)19)4-5-11(12)13(17)14-6-2-3-10(16)8-14/h4-5,7,10,16H,2-3,6,8H2,1H3/t10-/m0/s1. The van der Waals surface area contributed by atoms with Gasteiger partial charge in [-0.3, -0.25) is 14.9 Å². The number of β-amino-alcohol motifs (C(OH)–C–C–N with tert-alkyl or cyclic N) is 1. The molecule has 0 radical (unpaired) electrons. The lowest BCUT2D eigenvalue weighted by Crippen LogP contribution is -2.42. The molecular weight excluding hydrogens is 264 g/mol. The first kappa shape index (κ1) is 14.3. The summed E-state index contributed by atoms with van der Waals surface area (Å²) in [6.07, 6.45) is 0.903. The fraction of sp³-hybridized carbons (Fsp3) is 0.462. The minimum absolute atomic E-state index is 0.128. The van der Waals surface area contributed by atoms with E-state index in [1.807, 2.05) is 0 Å². The van der Waals surface area contributed by atoms with Gasteiger partial charge in [-0.05, 0) is 18.9 Å². The van der Waals surface area contributed by atoms with E-state index in [2.05, 4.69) is 0 Å². The van der Waals surface area contributed by atoms with Crippen LogP contribution in [0.25, 0.3) is 0 Å². The van der Waals surface area contributed by atoms with Crippen molar-refractivity contribution in [3.8, 4) is 5.75 Å². The Labute approximate surface area is 115 Å². The summed E-state index contributed by atoms with van der Waals surface area (Å²) >= 11 is 0. The number of hydrogen-bond acceptors (Lipinski definition) is 5. The van der Waals surface area contributed by atoms with Gasteiger partial charge in [0.1, 0.15) is 5.75 Å². The van der Waals surface area contributed by atoms with Gasteiger partial charge in [-0.2, -0.15) is 0 Å². The monoisotopic (exact) mass is 280 g/mol. The van der Waals surface area contributed by atoms with Gasteiger partial charge >= 0.3 is 0 Å². The molecule has 20 heavy (non-hydrogen) atoms. The molecule has 1 aromatic rings. The topological polar surface area (TPSA) is 92.9 Å². The molecule has 1 N–H and O–H groups in total. The van der Waals surface area contributed by atoms with Crippen LogP contribution in [0.15, 0.2) is 18.2 Å². The molecule has 7 heteroatoms. The Kier molecular flexibility index (Phi) is 4.19. The van der Waals surface area contributed by atoms with Gasteiger partial charge in [0.25, 0.3) is 11.6 Å². The maximum Gasteiger partial charge on any atom is 0.273 e. The van der Waals surface area contributed by atoms with Crippen molar-refractivity contribution in [3.63, 3.8) is 0 Å². The Morgan fingerprint density at radius 3 is 2.90 bits per heavy atom. The lowest BCUT2D eigenvalue weighted by Gasteiger charge is -2.30. The van der Waals surface area contributed by atoms with E-state index in [-0.39, 0.29) is 29.5 Å². The van der Waals surface area contributed by atoms with Crippen LogP contribution < -0.4 is 4.74 Å². The van der Waals surface area contributed by atoms with Crippen molar-refractivity contribution in [1.82, 2.24) is 4.90 Å². The minimum atomic E-state index is -0.540. The lowest BCUT2D eigenvalue weighted by atomic mass is 10.1. The number of carbonyl (C=O) groups excluding carboxylic acids is 1. The first-order chi connectivity index (χ1) is 9.52. The van der Waals surface area contributed by atoms with Crippen molar-refractivity contribution in [3.05, 3.63) is 33.9 Å². The number of amides is 1. The molecule has 1 saturated heterocycles. The molecule has 1 aliphatic rings. The highest BCUT2D eigenvalue weighted by atomic mass is 16.6. The predicted octanol–water partition coefficient (Wildman–Crippen LogP) is 1.20. The molecule has 1 aliphatic heterocycles. The van der Waals surface area contributed by atoms with Gasteiger partial charge in [0.2, 0.25) is 0 Å². The molecule has 0 spiro atoms. The van der Waals surface area contributed by atoms with Crippen LogP contribution in [0.3, 0.4) is 0 Å². The number of nitrogens with zero attached hydrogens (tertiary/aromatic N) is 2. The highest BCUT2D eigenvalue weighted by Crippen LogP contribution is 2.26. The summed E-state index contributed by atoms with van der Waals surface area (Å²) in [6.45, 7) is 0.842. The normalized spacial score (nSPS) is 18.7. The fourth-order valence-corrected chi connectivity index (χ4v) is 2.28. The Hall–Kier alpha value is -2.15. The van der Waals surface area contributed by atoms with Gasteiger partial charge in [0, 0.05) is 19.2 Å². The molecule has 1 heterocycles. The van der Waals surface area contributed by atoms with Gasteiger partial charge in [0.15, 0.2) is 0 Å². The molecule has 7 nitrogen and oxygen atoms in total. The molecule has 1 aromatic carbocycles. The molecular formula is C13H16N2O5. The number of hydrogen-bond donors (Lipinski definition) is 1. The Bertz CT molecular complexity index is 531. The zero-order chi connectivity index (χ0) is 14.7. The second-order valence-corrected chi connectivity index (χ2v) is 4.69. The third kappa shape index (κ3) is 2.88. The largest absolute Gasteiger partial charge is 0.496 e. The summed E-state index contributed by atoms with van der Waals surface area (Å²) < 4.78 is 5.06. The molecule has 108 valence electrons. The number of aliphatic hydroxyl groups is 1. The molecule has 2 rings (SSSR count). The molecule has 1 fully saturated rings. The van der Waals surface area contributed by atoms with E-state index in [0.29, 0.717) is 13.0 Å². The van der Waals surface area contributed by atoms with Crippen molar-refractivity contribution >= 4 is 11.6 Å². The molecule has 0 saturated carbocycles. The maximum atomic E-state index is 12.4. The van der Waals surface area contributed by atoms with Crippen LogP contribution >= 0.6 is 0 Å². The van der Waals surface area contributed by atoms with Gasteiger partial charge in [0.05, 0.1) is 29.8 Å². The third-order valence-electron chi connectivity index (χ3n) is 3.31. The second-order valence-electron chi connectivity index (χ2n) is 4.69. The highest BCUT2D eigenvalue weighted by molar-refractivity contribution is 5.97. The number of aliphatic hydroxyl groups excluding tert-OH is 1. The predicted molar refractivity (Wildman–Crippen MR) is 70.8 cm³/mol. The summed E-state index contributed by atoms with van der Waals surface area (Å²) in [6, 6.07) is 3.89. The minimum Gasteiger partial charge on any atom is -0.496 e. The molecule has 1 atom stereocenters. The summed E-state index contributed by atoms with van der Waals surface area (Å²) in [5.74, 6) is -0.111. The van der Waals surface area contributed by atoms with E-state index < -0.39 is 11.0 Å². The summed E-state index contributed by atoms with van der Waals surface area (Å²) in [4.78, 5) is 24.1. The smallest absolute Gasteiger partial charge is 0.273 e. The number of piperidine rings is 1. The van der Waals surface area contributed by atoms with Crippen molar-refractivity contribution in [1.29, 1.82) is 0 Å². The average Bonchev–Trinajstić information content (AvgIpc) is 2.45. The van der Waals surface area contributed by atoms with Crippen LogP contribution in [-0.4, -0.2) is 47.1 Å². The van der Waals surface area contributed by atoms with Crippen LogP contribution in [0.5, 0.6) is 5.75 Å². The number of benzene rings is 1. The summed E-state index contributed by atoms with van der Waals surface area (Å²) in [7, 11) is 1.36. The van der Waals surface area contributed by atoms with Crippen LogP contribution in [0.2, 0.25) is 0 Å². The van der Waals surface area contributed by atoms with E-state index in [0.717, 1.165) is 6.42 Å². The third-order valence-corrected chi connectivity index (χ3v) is 3.31. The van der Waals surface area contributed by atoms with Gasteiger partial charge in [-0.1, -0.05) is 0 Å². The summed E-state index contributed by atoms with van der Waals surface area (Å²) in [5, 5.41) is 20.3. The van der Waals surface area contributed by atoms with Gasteiger partial charge < -0.3 is 14.7 Å². The van der Waals surface area contributed by atoms with E-state index in [1.165, 1.54) is 30.2 Å². The number of non-ortho nitro benzene ring substituents is 1. The van der Waals surface area contributed by atoms with Crippen molar-refractivity contribution in [2.75, 3.05) is 20.2 Å². The number of methoxy groups -OCH3 is 1. The zero-order valence-electron chi connectivity index (χ0n) is 11.1. The highest BCUT2D eigenvalue weighted by Gasteiger charge is 2.26. The molecule has 0 aromatic heterocycles. The van der Waals surface area contributed by atoms with Crippen LogP contribution in [0.1, 0.15) is 23.2 Å². The Morgan fingerprint density at radius 1 is 1.55 bits per heavy atom. The van der Waals surface area contributed by atoms with Crippen LogP contribution in [0.4, 0.5) is 5.69 Å². The first-order valence-electron chi connectivity index (χ1n) is 6.32. The second kappa shape index (κ2) is 5.87. The molecule has 1 amide bonds. The molecule has 0 unspecified atom stereocenters. The first-order valence-corrected chi connectivity index (χ1v) is 6.32. The van der Waals surface area contributed by atoms with Crippen LogP contribution in [0, 0.1) is 10.1 Å². The van der Waals surface area contributed by atoms with Crippen molar-refractivity contribution < 1.29 is 19.6 Å². The fourth-order valence-electron chi connectivity index (χ4n) is 2.28. The quantitative estimate of drug-likeness (QED) is 0.663. The van der Waals surface area contributed by atoms with Crippen molar-refractivity contribution in [2.45, 2.75) is 18.9 Å². The van der Waals surface area contributed by atoms with E-state index in [4.69, 9.17) is 4.74 Å². The number of nitro benzene ring substituents is 1. The lowest BCUT2D eigenvalue weighted by molar-refractivity contribution is -0.384. The zero-order valence-corrected chi connectivity index (χ0v) is 11.1. The molecule has 0 bridgehead atoms. The molecule has 0 aliphatic carbocycles.